The third-order valence-corrected chi connectivity index (χ3v) is 6.52. The van der Waals surface area contributed by atoms with E-state index in [1.165, 1.54) is 12.8 Å². The van der Waals surface area contributed by atoms with Gasteiger partial charge >= 0.3 is 0 Å². The van der Waals surface area contributed by atoms with Crippen LogP contribution in [0.25, 0.3) is 22.3 Å². The van der Waals surface area contributed by atoms with Gasteiger partial charge in [-0.2, -0.15) is 5.26 Å². The van der Waals surface area contributed by atoms with E-state index in [0.717, 1.165) is 29.8 Å². The predicted molar refractivity (Wildman–Crippen MR) is 117 cm³/mol. The first kappa shape index (κ1) is 20.8. The molecule has 0 aromatic carbocycles. The van der Waals surface area contributed by atoms with Crippen LogP contribution in [0.1, 0.15) is 70.1 Å². The summed E-state index contributed by atoms with van der Waals surface area (Å²) in [6.07, 6.45) is 7.26. The van der Waals surface area contributed by atoms with Crippen molar-refractivity contribution in [2.45, 2.75) is 58.6 Å². The number of rotatable bonds is 4. The minimum atomic E-state index is -0.738. The molecule has 0 aliphatic heterocycles. The highest BCUT2D eigenvalue weighted by Gasteiger charge is 2.30. The van der Waals surface area contributed by atoms with Crippen molar-refractivity contribution in [3.05, 3.63) is 41.1 Å². The molecule has 1 N–H and O–H groups in total. The molecule has 1 saturated carbocycles. The van der Waals surface area contributed by atoms with Crippen molar-refractivity contribution in [1.82, 2.24) is 19.5 Å². The van der Waals surface area contributed by atoms with Gasteiger partial charge in [0.2, 0.25) is 0 Å². The zero-order chi connectivity index (χ0) is 21.4. The maximum Gasteiger partial charge on any atom is 0.143 e. The number of aliphatic hydroxyl groups is 1. The average molecular weight is 424 g/mol. The number of aliphatic hydroxyl groups excluding tert-OH is 1. The van der Waals surface area contributed by atoms with Crippen LogP contribution in [-0.4, -0.2) is 24.6 Å². The van der Waals surface area contributed by atoms with E-state index in [4.69, 9.17) is 16.6 Å². The number of nitriles is 1. The maximum atomic E-state index is 10.5. The van der Waals surface area contributed by atoms with E-state index in [2.05, 4.69) is 34.5 Å². The number of halogens is 1. The number of imidazole rings is 1. The summed E-state index contributed by atoms with van der Waals surface area (Å²) in [5.74, 6) is 1.86. The van der Waals surface area contributed by atoms with Crippen molar-refractivity contribution in [2.24, 2.45) is 11.8 Å². The molecule has 0 bridgehead atoms. The van der Waals surface area contributed by atoms with Crippen LogP contribution in [0.2, 0.25) is 5.02 Å². The van der Waals surface area contributed by atoms with Gasteiger partial charge in [-0.05, 0) is 44.6 Å². The molecule has 0 spiro atoms. The van der Waals surface area contributed by atoms with Crippen molar-refractivity contribution in [3.8, 4) is 17.3 Å². The molecule has 3 aromatic rings. The first-order chi connectivity index (χ1) is 14.4. The molecule has 1 unspecified atom stereocenters. The van der Waals surface area contributed by atoms with Crippen LogP contribution >= 0.6 is 11.6 Å². The Bertz CT molecular complexity index is 1110. The molecule has 3 aromatic heterocycles. The van der Waals surface area contributed by atoms with Gasteiger partial charge in [0.25, 0.3) is 0 Å². The van der Waals surface area contributed by atoms with E-state index in [-0.39, 0.29) is 11.7 Å². The van der Waals surface area contributed by atoms with Crippen LogP contribution in [0, 0.1) is 23.2 Å². The molecular formula is C23H26ClN5O. The molecule has 1 aliphatic rings. The topological polar surface area (TPSA) is 87.6 Å². The van der Waals surface area contributed by atoms with Crippen LogP contribution in [-0.2, 0) is 0 Å². The summed E-state index contributed by atoms with van der Waals surface area (Å²) in [4.78, 5) is 13.5. The van der Waals surface area contributed by atoms with E-state index in [0.29, 0.717) is 28.0 Å². The predicted octanol–water partition coefficient (Wildman–Crippen LogP) is 5.46. The number of fused-ring (bicyclic) bond motifs is 1. The molecular weight excluding hydrogens is 398 g/mol. The molecule has 7 heteroatoms. The second kappa shape index (κ2) is 8.33. The highest BCUT2D eigenvalue weighted by Crippen LogP contribution is 2.40. The first-order valence-corrected chi connectivity index (χ1v) is 10.9. The lowest BCUT2D eigenvalue weighted by atomic mass is 9.79. The smallest absolute Gasteiger partial charge is 0.143 e. The molecule has 4 rings (SSSR count). The van der Waals surface area contributed by atoms with Gasteiger partial charge in [0.15, 0.2) is 0 Å². The van der Waals surface area contributed by atoms with Crippen molar-refractivity contribution in [2.75, 3.05) is 0 Å². The first-order valence-electron chi connectivity index (χ1n) is 10.5. The van der Waals surface area contributed by atoms with E-state index >= 15 is 0 Å². The van der Waals surface area contributed by atoms with E-state index in [1.54, 1.807) is 31.5 Å². The Kier molecular flexibility index (Phi) is 5.77. The third kappa shape index (κ3) is 3.80. The second-order valence-corrected chi connectivity index (χ2v) is 8.94. The highest BCUT2D eigenvalue weighted by atomic mass is 35.5. The van der Waals surface area contributed by atoms with Crippen molar-refractivity contribution in [3.63, 3.8) is 0 Å². The fraction of sp³-hybridized carbons (Fsp3) is 0.478. The SMILES string of the molecule is CC1CCC(C(C)n2c([C@@H](C)O)nc3cc(C#N)nc(-c4cncc(Cl)c4)c32)CC1. The molecule has 2 atom stereocenters. The minimum absolute atomic E-state index is 0.146. The maximum absolute atomic E-state index is 10.5. The summed E-state index contributed by atoms with van der Waals surface area (Å²) in [5, 5.41) is 20.5. The van der Waals surface area contributed by atoms with Crippen LogP contribution in [0.3, 0.4) is 0 Å². The van der Waals surface area contributed by atoms with Crippen molar-refractivity contribution >= 4 is 22.6 Å². The van der Waals surface area contributed by atoms with E-state index in [1.807, 2.05) is 0 Å². The molecule has 3 heterocycles. The third-order valence-electron chi connectivity index (χ3n) is 6.31. The normalized spacial score (nSPS) is 21.3. The van der Waals surface area contributed by atoms with Gasteiger partial charge < -0.3 is 9.67 Å². The Labute approximate surface area is 181 Å². The molecule has 1 fully saturated rings. The van der Waals surface area contributed by atoms with Gasteiger partial charge in [-0.15, -0.1) is 0 Å². The molecule has 30 heavy (non-hydrogen) atoms. The van der Waals surface area contributed by atoms with Crippen molar-refractivity contribution < 1.29 is 5.11 Å². The number of hydrogen-bond acceptors (Lipinski definition) is 5. The zero-order valence-corrected chi connectivity index (χ0v) is 18.3. The number of pyridine rings is 2. The van der Waals surface area contributed by atoms with Gasteiger partial charge in [-0.3, -0.25) is 4.98 Å². The fourth-order valence-electron chi connectivity index (χ4n) is 4.63. The molecule has 156 valence electrons. The second-order valence-electron chi connectivity index (χ2n) is 8.50. The van der Waals surface area contributed by atoms with E-state index in [9.17, 15) is 10.4 Å². The largest absolute Gasteiger partial charge is 0.385 e. The standard InChI is InChI=1S/C23H26ClN5O/c1-13-4-6-16(7-5-13)14(2)29-22-20(28-23(29)15(3)30)9-19(10-25)27-21(22)17-8-18(24)12-26-11-17/h8-9,11-16,30H,4-7H2,1-3H3/t13?,14?,15-,16?/m1/s1. The number of hydrogen-bond donors (Lipinski definition) is 1. The van der Waals surface area contributed by atoms with Crippen LogP contribution < -0.4 is 0 Å². The summed E-state index contributed by atoms with van der Waals surface area (Å²) in [7, 11) is 0. The monoisotopic (exact) mass is 423 g/mol. The molecule has 0 radical (unpaired) electrons. The zero-order valence-electron chi connectivity index (χ0n) is 17.5. The summed E-state index contributed by atoms with van der Waals surface area (Å²) in [6.45, 7) is 6.24. The molecule has 1 aliphatic carbocycles. The molecule has 6 nitrogen and oxygen atoms in total. The van der Waals surface area contributed by atoms with Gasteiger partial charge in [-0.25, -0.2) is 9.97 Å². The lowest BCUT2D eigenvalue weighted by molar-refractivity contribution is 0.169. The van der Waals surface area contributed by atoms with Crippen LogP contribution in [0.15, 0.2) is 24.5 Å². The van der Waals surface area contributed by atoms with Gasteiger partial charge in [0, 0.05) is 30.1 Å². The Balaban J connectivity index is 1.96. The molecule has 0 amide bonds. The Morgan fingerprint density at radius 3 is 2.53 bits per heavy atom. The Hall–Kier alpha value is -2.49. The molecule has 0 saturated heterocycles. The summed E-state index contributed by atoms with van der Waals surface area (Å²) in [5.41, 5.74) is 3.10. The van der Waals surface area contributed by atoms with Gasteiger partial charge in [-0.1, -0.05) is 31.4 Å². The van der Waals surface area contributed by atoms with Crippen LogP contribution in [0.5, 0.6) is 0 Å². The van der Waals surface area contributed by atoms with E-state index < -0.39 is 6.10 Å². The Morgan fingerprint density at radius 2 is 1.90 bits per heavy atom. The van der Waals surface area contributed by atoms with Crippen LogP contribution in [0.4, 0.5) is 0 Å². The minimum Gasteiger partial charge on any atom is -0.385 e. The van der Waals surface area contributed by atoms with Crippen molar-refractivity contribution in [1.29, 1.82) is 5.26 Å². The lowest BCUT2D eigenvalue weighted by Gasteiger charge is -2.33. The summed E-state index contributed by atoms with van der Waals surface area (Å²) in [6, 6.07) is 5.75. The fourth-order valence-corrected chi connectivity index (χ4v) is 4.80. The number of nitrogens with zero attached hydrogens (tertiary/aromatic N) is 5. The van der Waals surface area contributed by atoms with Gasteiger partial charge in [0.05, 0.1) is 21.7 Å². The number of aromatic nitrogens is 4. The summed E-state index contributed by atoms with van der Waals surface area (Å²) >= 11 is 6.20. The average Bonchev–Trinajstić information content (AvgIpc) is 3.13. The highest BCUT2D eigenvalue weighted by molar-refractivity contribution is 6.30. The quantitative estimate of drug-likeness (QED) is 0.602. The van der Waals surface area contributed by atoms with Gasteiger partial charge in [0.1, 0.15) is 23.7 Å². The Morgan fingerprint density at radius 1 is 1.17 bits per heavy atom. The summed E-state index contributed by atoms with van der Waals surface area (Å²) < 4.78 is 2.13. The lowest BCUT2D eigenvalue weighted by Crippen LogP contribution is -2.24.